The van der Waals surface area contributed by atoms with Gasteiger partial charge in [0, 0.05) is 17.1 Å². The first-order chi connectivity index (χ1) is 8.49. The van der Waals surface area contributed by atoms with E-state index >= 15 is 0 Å². The van der Waals surface area contributed by atoms with E-state index in [-0.39, 0.29) is 0 Å². The molecule has 5 heteroatoms. The van der Waals surface area contributed by atoms with Gasteiger partial charge in [0.2, 0.25) is 0 Å². The van der Waals surface area contributed by atoms with Crippen molar-refractivity contribution in [1.82, 2.24) is 5.32 Å². The number of hydrogen-bond acceptors (Lipinski definition) is 2. The Morgan fingerprint density at radius 2 is 2.06 bits per heavy atom. The van der Waals surface area contributed by atoms with Crippen LogP contribution in [0.1, 0.15) is 19.4 Å². The van der Waals surface area contributed by atoms with Crippen LogP contribution in [0.25, 0.3) is 0 Å². The molecular weight excluding hydrogens is 260 g/mol. The summed E-state index contributed by atoms with van der Waals surface area (Å²) in [4.78, 5) is 0. The molecule has 0 aromatic heterocycles. The summed E-state index contributed by atoms with van der Waals surface area (Å²) >= 11 is 5.89. The maximum Gasteiger partial charge on any atom is 0.272 e. The lowest BCUT2D eigenvalue weighted by Gasteiger charge is -2.13. The predicted octanol–water partition coefficient (Wildman–Crippen LogP) is 3.73. The standard InChI is InChI=1S/C13H18ClF2NO/c1-9(2)6-17-7-10-5-11(14)3-4-12(10)18-8-13(15)16/h3-5,9,13,17H,6-8H2,1-2H3. The van der Waals surface area contributed by atoms with Crippen LogP contribution in [0.3, 0.4) is 0 Å². The van der Waals surface area contributed by atoms with E-state index in [0.717, 1.165) is 12.1 Å². The van der Waals surface area contributed by atoms with Crippen LogP contribution in [0.15, 0.2) is 18.2 Å². The maximum absolute atomic E-state index is 12.1. The topological polar surface area (TPSA) is 21.3 Å². The highest BCUT2D eigenvalue weighted by Gasteiger charge is 2.08. The summed E-state index contributed by atoms with van der Waals surface area (Å²) < 4.78 is 29.3. The molecule has 0 aliphatic heterocycles. The summed E-state index contributed by atoms with van der Waals surface area (Å²) in [5, 5.41) is 3.80. The van der Waals surface area contributed by atoms with Crippen molar-refractivity contribution in [1.29, 1.82) is 0 Å². The minimum absolute atomic E-state index is 0.455. The van der Waals surface area contributed by atoms with Crippen molar-refractivity contribution in [2.45, 2.75) is 26.8 Å². The third-order valence-electron chi connectivity index (χ3n) is 2.26. The van der Waals surface area contributed by atoms with Gasteiger partial charge < -0.3 is 10.1 Å². The molecule has 18 heavy (non-hydrogen) atoms. The van der Waals surface area contributed by atoms with Gasteiger partial charge in [-0.3, -0.25) is 0 Å². The fourth-order valence-electron chi connectivity index (χ4n) is 1.48. The quantitative estimate of drug-likeness (QED) is 0.820. The van der Waals surface area contributed by atoms with Crippen LogP contribution in [0.5, 0.6) is 5.75 Å². The zero-order chi connectivity index (χ0) is 13.5. The van der Waals surface area contributed by atoms with Gasteiger partial charge in [-0.2, -0.15) is 0 Å². The Hall–Kier alpha value is -0.870. The maximum atomic E-state index is 12.1. The second kappa shape index (κ2) is 7.54. The summed E-state index contributed by atoms with van der Waals surface area (Å²) in [6.45, 7) is 5.00. The average Bonchev–Trinajstić information content (AvgIpc) is 2.27. The van der Waals surface area contributed by atoms with E-state index in [2.05, 4.69) is 19.2 Å². The van der Waals surface area contributed by atoms with E-state index in [1.807, 2.05) is 0 Å². The highest BCUT2D eigenvalue weighted by atomic mass is 35.5. The molecule has 0 radical (unpaired) electrons. The number of alkyl halides is 2. The van der Waals surface area contributed by atoms with Crippen LogP contribution < -0.4 is 10.1 Å². The van der Waals surface area contributed by atoms with Gasteiger partial charge in [-0.05, 0) is 30.7 Å². The van der Waals surface area contributed by atoms with Gasteiger partial charge >= 0.3 is 0 Å². The number of benzene rings is 1. The van der Waals surface area contributed by atoms with Crippen LogP contribution in [0, 0.1) is 5.92 Å². The average molecular weight is 278 g/mol. The highest BCUT2D eigenvalue weighted by molar-refractivity contribution is 6.30. The molecular formula is C13H18ClF2NO. The van der Waals surface area contributed by atoms with Gasteiger partial charge in [0.1, 0.15) is 12.4 Å². The lowest BCUT2D eigenvalue weighted by molar-refractivity contribution is 0.0813. The minimum atomic E-state index is -2.47. The summed E-state index contributed by atoms with van der Waals surface area (Å²) in [5.41, 5.74) is 0.795. The first kappa shape index (κ1) is 15.2. The van der Waals surface area contributed by atoms with Crippen LogP contribution in [-0.4, -0.2) is 19.6 Å². The second-order valence-corrected chi connectivity index (χ2v) is 4.92. The summed E-state index contributed by atoms with van der Waals surface area (Å²) in [6.07, 6.45) is -2.47. The van der Waals surface area contributed by atoms with Crippen molar-refractivity contribution in [2.24, 2.45) is 5.92 Å². The normalized spacial score (nSPS) is 11.3. The van der Waals surface area contributed by atoms with Crippen molar-refractivity contribution in [3.63, 3.8) is 0 Å². The van der Waals surface area contributed by atoms with Crippen LogP contribution in [0.4, 0.5) is 8.78 Å². The Morgan fingerprint density at radius 3 is 2.67 bits per heavy atom. The Labute approximate surface area is 111 Å². The van der Waals surface area contributed by atoms with Crippen LogP contribution in [-0.2, 0) is 6.54 Å². The number of nitrogens with one attached hydrogen (secondary N) is 1. The van der Waals surface area contributed by atoms with Crippen molar-refractivity contribution in [3.05, 3.63) is 28.8 Å². The van der Waals surface area contributed by atoms with Crippen molar-refractivity contribution >= 4 is 11.6 Å². The fraction of sp³-hybridized carbons (Fsp3) is 0.538. The number of hydrogen-bond donors (Lipinski definition) is 1. The molecule has 0 bridgehead atoms. The zero-order valence-corrected chi connectivity index (χ0v) is 11.3. The molecule has 0 unspecified atom stereocenters. The molecule has 0 fully saturated rings. The van der Waals surface area contributed by atoms with Crippen molar-refractivity contribution in [3.8, 4) is 5.75 Å². The Bertz CT molecular complexity index is 372. The summed E-state index contributed by atoms with van der Waals surface area (Å²) in [6, 6.07) is 4.99. The van der Waals surface area contributed by atoms with E-state index in [0.29, 0.717) is 23.2 Å². The molecule has 2 nitrogen and oxygen atoms in total. The van der Waals surface area contributed by atoms with E-state index in [1.165, 1.54) is 0 Å². The third kappa shape index (κ3) is 5.65. The Balaban J connectivity index is 2.64. The predicted molar refractivity (Wildman–Crippen MR) is 69.5 cm³/mol. The molecule has 102 valence electrons. The molecule has 0 spiro atoms. The Kier molecular flexibility index (Phi) is 6.36. The molecule has 0 saturated heterocycles. The molecule has 0 aliphatic rings. The van der Waals surface area contributed by atoms with E-state index in [4.69, 9.17) is 16.3 Å². The number of rotatable bonds is 7. The number of ether oxygens (including phenoxy) is 1. The second-order valence-electron chi connectivity index (χ2n) is 4.48. The van der Waals surface area contributed by atoms with E-state index in [1.54, 1.807) is 18.2 Å². The first-order valence-electron chi connectivity index (χ1n) is 5.89. The van der Waals surface area contributed by atoms with Crippen molar-refractivity contribution in [2.75, 3.05) is 13.2 Å². The van der Waals surface area contributed by atoms with Gasteiger partial charge in [0.15, 0.2) is 0 Å². The number of halogens is 3. The first-order valence-corrected chi connectivity index (χ1v) is 6.27. The Morgan fingerprint density at radius 1 is 1.33 bits per heavy atom. The van der Waals surface area contributed by atoms with Gasteiger partial charge in [0.05, 0.1) is 0 Å². The fourth-order valence-corrected chi connectivity index (χ4v) is 1.67. The zero-order valence-electron chi connectivity index (χ0n) is 10.6. The molecule has 0 saturated carbocycles. The minimum Gasteiger partial charge on any atom is -0.487 e. The van der Waals surface area contributed by atoms with E-state index < -0.39 is 13.0 Å². The lowest BCUT2D eigenvalue weighted by atomic mass is 10.2. The molecule has 0 atom stereocenters. The third-order valence-corrected chi connectivity index (χ3v) is 2.49. The van der Waals surface area contributed by atoms with Crippen molar-refractivity contribution < 1.29 is 13.5 Å². The van der Waals surface area contributed by atoms with Gasteiger partial charge in [-0.15, -0.1) is 0 Å². The molecule has 1 aromatic carbocycles. The molecule has 0 aliphatic carbocycles. The highest BCUT2D eigenvalue weighted by Crippen LogP contribution is 2.23. The summed E-state index contributed by atoms with van der Waals surface area (Å²) in [7, 11) is 0. The smallest absolute Gasteiger partial charge is 0.272 e. The largest absolute Gasteiger partial charge is 0.487 e. The van der Waals surface area contributed by atoms with Gasteiger partial charge in [-0.25, -0.2) is 8.78 Å². The van der Waals surface area contributed by atoms with Gasteiger partial charge in [-0.1, -0.05) is 25.4 Å². The monoisotopic (exact) mass is 277 g/mol. The SMILES string of the molecule is CC(C)CNCc1cc(Cl)ccc1OCC(F)F. The molecule has 1 rings (SSSR count). The molecule has 1 N–H and O–H groups in total. The molecule has 0 amide bonds. The van der Waals surface area contributed by atoms with Crippen LogP contribution >= 0.6 is 11.6 Å². The van der Waals surface area contributed by atoms with Gasteiger partial charge in [0.25, 0.3) is 6.43 Å². The molecule has 1 aromatic rings. The van der Waals surface area contributed by atoms with Crippen LogP contribution in [0.2, 0.25) is 5.02 Å². The summed E-state index contributed by atoms with van der Waals surface area (Å²) in [5.74, 6) is 0.977. The molecule has 0 heterocycles. The lowest BCUT2D eigenvalue weighted by Crippen LogP contribution is -2.19. The van der Waals surface area contributed by atoms with E-state index in [9.17, 15) is 8.78 Å².